The smallest absolute Gasteiger partial charge is 0.338 e. The van der Waals surface area contributed by atoms with Crippen molar-refractivity contribution in [2.24, 2.45) is 0 Å². The molecule has 0 unspecified atom stereocenters. The summed E-state index contributed by atoms with van der Waals surface area (Å²) in [7, 11) is 0. The fourth-order valence-corrected chi connectivity index (χ4v) is 3.07. The number of nitrogens with one attached hydrogen (secondary N) is 1. The highest BCUT2D eigenvalue weighted by Gasteiger charge is 2.20. The summed E-state index contributed by atoms with van der Waals surface area (Å²) in [6.45, 7) is 5.47. The predicted molar refractivity (Wildman–Crippen MR) is 82.1 cm³/mol. The van der Waals surface area contributed by atoms with Crippen LogP contribution in [0.3, 0.4) is 0 Å². The van der Waals surface area contributed by atoms with Gasteiger partial charge in [-0.3, -0.25) is 9.78 Å². The quantitative estimate of drug-likeness (QED) is 0.910. The molecule has 2 aromatic rings. The first kappa shape index (κ1) is 15.2. The van der Waals surface area contributed by atoms with Crippen molar-refractivity contribution in [1.82, 2.24) is 4.98 Å². The van der Waals surface area contributed by atoms with E-state index in [0.29, 0.717) is 16.3 Å². The number of nitrogens with zero attached hydrogens (tertiary/aromatic N) is 1. The summed E-state index contributed by atoms with van der Waals surface area (Å²) in [5.41, 5.74) is 2.49. The van der Waals surface area contributed by atoms with Gasteiger partial charge in [0.2, 0.25) is 5.91 Å². The van der Waals surface area contributed by atoms with Crippen molar-refractivity contribution < 1.29 is 14.7 Å². The van der Waals surface area contributed by atoms with E-state index in [9.17, 15) is 14.7 Å². The Morgan fingerprint density at radius 2 is 2.05 bits per heavy atom. The van der Waals surface area contributed by atoms with E-state index in [4.69, 9.17) is 0 Å². The maximum absolute atomic E-state index is 12.1. The zero-order chi connectivity index (χ0) is 15.6. The number of aryl methyl sites for hydroxylation is 2. The summed E-state index contributed by atoms with van der Waals surface area (Å²) < 4.78 is 0. The normalized spacial score (nSPS) is 10.4. The number of anilines is 1. The monoisotopic (exact) mass is 304 g/mol. The van der Waals surface area contributed by atoms with Crippen LogP contribution in [-0.2, 0) is 11.2 Å². The number of carboxylic acids is 1. The van der Waals surface area contributed by atoms with Crippen molar-refractivity contribution in [2.75, 3.05) is 5.32 Å². The Morgan fingerprint density at radius 3 is 2.67 bits per heavy atom. The van der Waals surface area contributed by atoms with Gasteiger partial charge in [0.1, 0.15) is 5.00 Å². The lowest BCUT2D eigenvalue weighted by atomic mass is 10.1. The van der Waals surface area contributed by atoms with Crippen LogP contribution in [0.25, 0.3) is 0 Å². The van der Waals surface area contributed by atoms with Crippen LogP contribution in [0.15, 0.2) is 18.3 Å². The second-order valence-electron chi connectivity index (χ2n) is 4.78. The number of carbonyl (C=O) groups is 2. The second-order valence-corrected chi connectivity index (χ2v) is 6.01. The molecule has 110 valence electrons. The van der Waals surface area contributed by atoms with Crippen molar-refractivity contribution in [2.45, 2.75) is 27.2 Å². The van der Waals surface area contributed by atoms with Gasteiger partial charge in [-0.15, -0.1) is 11.3 Å². The van der Waals surface area contributed by atoms with Crippen LogP contribution in [0.4, 0.5) is 5.00 Å². The largest absolute Gasteiger partial charge is 0.478 e. The molecule has 21 heavy (non-hydrogen) atoms. The molecule has 0 bridgehead atoms. The summed E-state index contributed by atoms with van der Waals surface area (Å²) in [6.07, 6.45) is 1.76. The van der Waals surface area contributed by atoms with E-state index in [2.05, 4.69) is 10.3 Å². The van der Waals surface area contributed by atoms with Crippen molar-refractivity contribution in [3.05, 3.63) is 45.6 Å². The van der Waals surface area contributed by atoms with Crippen LogP contribution in [0.1, 0.15) is 32.1 Å². The van der Waals surface area contributed by atoms with Crippen molar-refractivity contribution >= 4 is 28.2 Å². The third-order valence-electron chi connectivity index (χ3n) is 3.30. The molecule has 0 spiro atoms. The molecular formula is C15H16N2O3S. The molecule has 0 radical (unpaired) electrons. The zero-order valence-electron chi connectivity index (χ0n) is 12.1. The molecule has 6 heteroatoms. The van der Waals surface area contributed by atoms with E-state index in [1.807, 2.05) is 26.0 Å². The van der Waals surface area contributed by atoms with E-state index in [-0.39, 0.29) is 17.9 Å². The highest BCUT2D eigenvalue weighted by Crippen LogP contribution is 2.32. The van der Waals surface area contributed by atoms with Crippen molar-refractivity contribution in [3.8, 4) is 0 Å². The Bertz CT molecular complexity index is 707. The molecule has 0 saturated heterocycles. The van der Waals surface area contributed by atoms with Gasteiger partial charge in [0.05, 0.1) is 17.7 Å². The fourth-order valence-electron chi connectivity index (χ4n) is 2.00. The Morgan fingerprint density at radius 1 is 1.33 bits per heavy atom. The molecule has 0 saturated carbocycles. The molecule has 2 aromatic heterocycles. The molecule has 2 heterocycles. The van der Waals surface area contributed by atoms with Crippen LogP contribution in [0, 0.1) is 20.8 Å². The highest BCUT2D eigenvalue weighted by molar-refractivity contribution is 7.16. The molecule has 2 N–H and O–H groups in total. The Balaban J connectivity index is 2.19. The van der Waals surface area contributed by atoms with E-state index >= 15 is 0 Å². The fraction of sp³-hybridized carbons (Fsp3) is 0.267. The van der Waals surface area contributed by atoms with Gasteiger partial charge in [-0.2, -0.15) is 0 Å². The second kappa shape index (κ2) is 6.05. The van der Waals surface area contributed by atoms with Crippen LogP contribution in [0.2, 0.25) is 0 Å². The molecule has 0 atom stereocenters. The Kier molecular flexibility index (Phi) is 4.37. The first-order chi connectivity index (χ1) is 9.90. The SMILES string of the molecule is Cc1cccnc1CC(=O)Nc1sc(C)c(C)c1C(=O)O. The van der Waals surface area contributed by atoms with Gasteiger partial charge in [0.15, 0.2) is 0 Å². The molecule has 0 fully saturated rings. The first-order valence-electron chi connectivity index (χ1n) is 6.43. The van der Waals surface area contributed by atoms with Gasteiger partial charge < -0.3 is 10.4 Å². The van der Waals surface area contributed by atoms with Crippen LogP contribution < -0.4 is 5.32 Å². The number of thiophene rings is 1. The average Bonchev–Trinajstić information content (AvgIpc) is 2.67. The summed E-state index contributed by atoms with van der Waals surface area (Å²) >= 11 is 1.28. The molecule has 0 aromatic carbocycles. The van der Waals surface area contributed by atoms with E-state index in [1.165, 1.54) is 11.3 Å². The topological polar surface area (TPSA) is 79.3 Å². The van der Waals surface area contributed by atoms with E-state index in [1.54, 1.807) is 13.1 Å². The minimum atomic E-state index is -1.03. The van der Waals surface area contributed by atoms with Crippen LogP contribution in [-0.4, -0.2) is 22.0 Å². The van der Waals surface area contributed by atoms with E-state index < -0.39 is 5.97 Å². The minimum Gasteiger partial charge on any atom is -0.478 e. The third kappa shape index (κ3) is 3.28. The number of hydrogen-bond acceptors (Lipinski definition) is 4. The molecule has 0 aliphatic rings. The average molecular weight is 304 g/mol. The van der Waals surface area contributed by atoms with Gasteiger partial charge in [-0.1, -0.05) is 6.07 Å². The number of hydrogen-bond donors (Lipinski definition) is 2. The summed E-state index contributed by atoms with van der Waals surface area (Å²) in [5, 5.41) is 12.3. The zero-order valence-corrected chi connectivity index (χ0v) is 12.9. The summed E-state index contributed by atoms with van der Waals surface area (Å²) in [4.78, 5) is 28.4. The standard InChI is InChI=1S/C15H16N2O3S/c1-8-5-4-6-16-11(8)7-12(18)17-14-13(15(19)20)9(2)10(3)21-14/h4-6H,7H2,1-3H3,(H,17,18)(H,19,20). The van der Waals surface area contributed by atoms with Gasteiger partial charge >= 0.3 is 5.97 Å². The number of carbonyl (C=O) groups excluding carboxylic acids is 1. The highest BCUT2D eigenvalue weighted by atomic mass is 32.1. The third-order valence-corrected chi connectivity index (χ3v) is 4.42. The van der Waals surface area contributed by atoms with Gasteiger partial charge in [0.25, 0.3) is 0 Å². The van der Waals surface area contributed by atoms with Gasteiger partial charge in [-0.05, 0) is 38.0 Å². The molecule has 1 amide bonds. The van der Waals surface area contributed by atoms with Gasteiger partial charge in [-0.25, -0.2) is 4.79 Å². The lowest BCUT2D eigenvalue weighted by Crippen LogP contribution is -2.17. The number of rotatable bonds is 4. The molecule has 0 aliphatic heterocycles. The molecule has 0 aliphatic carbocycles. The van der Waals surface area contributed by atoms with E-state index in [0.717, 1.165) is 10.4 Å². The molecule has 5 nitrogen and oxygen atoms in total. The number of carboxylic acid groups (broad SMARTS) is 1. The Labute approximate surface area is 126 Å². The minimum absolute atomic E-state index is 0.127. The molecular weight excluding hydrogens is 288 g/mol. The summed E-state index contributed by atoms with van der Waals surface area (Å²) in [6, 6.07) is 3.70. The number of pyridine rings is 1. The number of aromatic carboxylic acids is 1. The first-order valence-corrected chi connectivity index (χ1v) is 7.25. The van der Waals surface area contributed by atoms with Crippen LogP contribution in [0.5, 0.6) is 0 Å². The number of aromatic nitrogens is 1. The maximum atomic E-state index is 12.1. The Hall–Kier alpha value is -2.21. The number of amides is 1. The maximum Gasteiger partial charge on any atom is 0.338 e. The summed E-state index contributed by atoms with van der Waals surface area (Å²) in [5.74, 6) is -1.29. The van der Waals surface area contributed by atoms with Crippen molar-refractivity contribution in [3.63, 3.8) is 0 Å². The lowest BCUT2D eigenvalue weighted by molar-refractivity contribution is -0.115. The molecule has 2 rings (SSSR count). The van der Waals surface area contributed by atoms with Crippen molar-refractivity contribution in [1.29, 1.82) is 0 Å². The van der Waals surface area contributed by atoms with Gasteiger partial charge in [0, 0.05) is 11.1 Å². The lowest BCUT2D eigenvalue weighted by Gasteiger charge is -2.06. The van der Waals surface area contributed by atoms with Crippen LogP contribution >= 0.6 is 11.3 Å². The predicted octanol–water partition coefficient (Wildman–Crippen LogP) is 2.95.